The standard InChI is InChI=1S/C15H24O/c1-10-5-7-14(4)8-6-12(16)13(2,3)15(14)9-11(10)15/h11-12,16H,1,5-9H2,2-4H3/t11-,12-,14+,15-/m1/s1. The van der Waals surface area contributed by atoms with Gasteiger partial charge in [-0.3, -0.25) is 0 Å². The molecule has 1 spiro atoms. The van der Waals surface area contributed by atoms with Crippen LogP contribution in [0.25, 0.3) is 0 Å². The summed E-state index contributed by atoms with van der Waals surface area (Å²) in [5.41, 5.74) is 2.36. The highest BCUT2D eigenvalue weighted by atomic mass is 16.3. The van der Waals surface area contributed by atoms with Crippen LogP contribution in [0.2, 0.25) is 0 Å². The molecule has 0 aromatic rings. The number of aliphatic hydroxyl groups excluding tert-OH is 1. The number of rotatable bonds is 0. The van der Waals surface area contributed by atoms with Crippen LogP contribution in [0.4, 0.5) is 0 Å². The smallest absolute Gasteiger partial charge is 0.0597 e. The molecule has 1 N–H and O–H groups in total. The Morgan fingerprint density at radius 2 is 1.94 bits per heavy atom. The van der Waals surface area contributed by atoms with Gasteiger partial charge in [-0.05, 0) is 54.3 Å². The third kappa shape index (κ3) is 0.932. The molecular formula is C15H24O. The highest BCUT2D eigenvalue weighted by molar-refractivity contribution is 5.32. The van der Waals surface area contributed by atoms with Gasteiger partial charge in [0.25, 0.3) is 0 Å². The molecule has 3 aliphatic carbocycles. The van der Waals surface area contributed by atoms with Crippen molar-refractivity contribution in [2.45, 2.75) is 59.0 Å². The Hall–Kier alpha value is -0.300. The monoisotopic (exact) mass is 220 g/mol. The second-order valence-electron chi connectivity index (χ2n) is 7.22. The Morgan fingerprint density at radius 1 is 1.25 bits per heavy atom. The molecule has 0 amide bonds. The van der Waals surface area contributed by atoms with Crippen LogP contribution >= 0.6 is 0 Å². The van der Waals surface area contributed by atoms with E-state index in [0.717, 1.165) is 6.42 Å². The molecule has 16 heavy (non-hydrogen) atoms. The predicted octanol–water partition coefficient (Wildman–Crippen LogP) is 3.53. The SMILES string of the molecule is C=C1CC[C@@]2(C)CC[C@@H](O)C(C)(C)[C@]23C[C@H]13. The van der Waals surface area contributed by atoms with E-state index in [9.17, 15) is 5.11 Å². The van der Waals surface area contributed by atoms with Crippen molar-refractivity contribution < 1.29 is 5.11 Å². The fourth-order valence-electron chi connectivity index (χ4n) is 5.21. The van der Waals surface area contributed by atoms with Crippen LogP contribution in [0.5, 0.6) is 0 Å². The maximum atomic E-state index is 10.3. The molecule has 0 unspecified atom stereocenters. The largest absolute Gasteiger partial charge is 0.393 e. The summed E-state index contributed by atoms with van der Waals surface area (Å²) < 4.78 is 0. The molecule has 1 heteroatoms. The minimum absolute atomic E-state index is 0.0774. The third-order valence-corrected chi connectivity index (χ3v) is 6.48. The molecule has 0 aromatic heterocycles. The van der Waals surface area contributed by atoms with Gasteiger partial charge in [0, 0.05) is 0 Å². The van der Waals surface area contributed by atoms with E-state index >= 15 is 0 Å². The molecule has 3 fully saturated rings. The Balaban J connectivity index is 2.08. The van der Waals surface area contributed by atoms with Gasteiger partial charge in [0.15, 0.2) is 0 Å². The first-order chi connectivity index (χ1) is 7.35. The highest BCUT2D eigenvalue weighted by Gasteiger charge is 2.75. The third-order valence-electron chi connectivity index (χ3n) is 6.48. The van der Waals surface area contributed by atoms with Gasteiger partial charge in [-0.25, -0.2) is 0 Å². The van der Waals surface area contributed by atoms with Gasteiger partial charge in [0.05, 0.1) is 6.10 Å². The molecule has 0 radical (unpaired) electrons. The van der Waals surface area contributed by atoms with Crippen molar-refractivity contribution in [3.05, 3.63) is 12.2 Å². The first-order valence-corrected chi connectivity index (χ1v) is 6.71. The average Bonchev–Trinajstić information content (AvgIpc) is 2.97. The van der Waals surface area contributed by atoms with Crippen LogP contribution in [0, 0.1) is 22.2 Å². The minimum Gasteiger partial charge on any atom is -0.393 e. The zero-order valence-electron chi connectivity index (χ0n) is 10.8. The topological polar surface area (TPSA) is 20.2 Å². The van der Waals surface area contributed by atoms with Gasteiger partial charge >= 0.3 is 0 Å². The summed E-state index contributed by atoms with van der Waals surface area (Å²) in [7, 11) is 0. The first-order valence-electron chi connectivity index (χ1n) is 6.71. The van der Waals surface area contributed by atoms with Crippen molar-refractivity contribution in [3.8, 4) is 0 Å². The van der Waals surface area contributed by atoms with E-state index in [-0.39, 0.29) is 11.5 Å². The normalized spacial score (nSPS) is 54.1. The molecule has 3 saturated carbocycles. The lowest BCUT2D eigenvalue weighted by molar-refractivity contribution is -0.126. The zero-order chi connectivity index (χ0) is 11.8. The summed E-state index contributed by atoms with van der Waals surface area (Å²) in [4.78, 5) is 0. The number of hydrogen-bond acceptors (Lipinski definition) is 1. The molecule has 3 rings (SSSR count). The van der Waals surface area contributed by atoms with Crippen molar-refractivity contribution in [2.24, 2.45) is 22.2 Å². The second kappa shape index (κ2) is 2.75. The van der Waals surface area contributed by atoms with Crippen molar-refractivity contribution in [1.82, 2.24) is 0 Å². The van der Waals surface area contributed by atoms with Crippen molar-refractivity contribution in [2.75, 3.05) is 0 Å². The first kappa shape index (κ1) is 10.8. The Labute approximate surface area is 98.9 Å². The van der Waals surface area contributed by atoms with E-state index in [1.54, 1.807) is 0 Å². The van der Waals surface area contributed by atoms with Crippen LogP contribution in [0.3, 0.4) is 0 Å². The summed E-state index contributed by atoms with van der Waals surface area (Å²) in [5, 5.41) is 10.3. The molecule has 1 nitrogen and oxygen atoms in total. The quantitative estimate of drug-likeness (QED) is 0.619. The van der Waals surface area contributed by atoms with Crippen molar-refractivity contribution in [1.29, 1.82) is 0 Å². The van der Waals surface area contributed by atoms with Gasteiger partial charge < -0.3 is 5.11 Å². The summed E-state index contributed by atoms with van der Waals surface area (Å²) in [6.07, 6.45) is 5.88. The molecular weight excluding hydrogens is 196 g/mol. The molecule has 0 heterocycles. The van der Waals surface area contributed by atoms with Gasteiger partial charge in [-0.15, -0.1) is 0 Å². The maximum Gasteiger partial charge on any atom is 0.0597 e. The summed E-state index contributed by atoms with van der Waals surface area (Å²) in [5.74, 6) is 0.705. The van der Waals surface area contributed by atoms with Crippen LogP contribution < -0.4 is 0 Å². The van der Waals surface area contributed by atoms with Crippen molar-refractivity contribution in [3.63, 3.8) is 0 Å². The number of aliphatic hydroxyl groups is 1. The van der Waals surface area contributed by atoms with E-state index in [2.05, 4.69) is 27.4 Å². The number of allylic oxidation sites excluding steroid dienone is 1. The molecule has 0 saturated heterocycles. The summed E-state index contributed by atoms with van der Waals surface area (Å²) >= 11 is 0. The van der Waals surface area contributed by atoms with Crippen molar-refractivity contribution >= 4 is 0 Å². The molecule has 0 aromatic carbocycles. The van der Waals surface area contributed by atoms with Gasteiger partial charge in [-0.1, -0.05) is 32.9 Å². The lowest BCUT2D eigenvalue weighted by Gasteiger charge is -2.57. The lowest BCUT2D eigenvalue weighted by Crippen LogP contribution is -2.53. The second-order valence-corrected chi connectivity index (χ2v) is 7.22. The molecule has 3 aliphatic rings. The van der Waals surface area contributed by atoms with Crippen LogP contribution in [-0.2, 0) is 0 Å². The van der Waals surface area contributed by atoms with E-state index in [1.165, 1.54) is 31.3 Å². The van der Waals surface area contributed by atoms with Crippen LogP contribution in [0.1, 0.15) is 52.9 Å². The van der Waals surface area contributed by atoms with E-state index in [1.807, 2.05) is 0 Å². The highest BCUT2D eigenvalue weighted by Crippen LogP contribution is 2.81. The van der Waals surface area contributed by atoms with E-state index < -0.39 is 0 Å². The molecule has 0 aliphatic heterocycles. The van der Waals surface area contributed by atoms with Crippen LogP contribution in [-0.4, -0.2) is 11.2 Å². The van der Waals surface area contributed by atoms with Gasteiger partial charge in [0.1, 0.15) is 0 Å². The van der Waals surface area contributed by atoms with Crippen LogP contribution in [0.15, 0.2) is 12.2 Å². The fourth-order valence-corrected chi connectivity index (χ4v) is 5.21. The summed E-state index contributed by atoms with van der Waals surface area (Å²) in [6, 6.07) is 0. The lowest BCUT2D eigenvalue weighted by atomic mass is 9.48. The molecule has 4 atom stereocenters. The zero-order valence-corrected chi connectivity index (χ0v) is 10.8. The Kier molecular flexibility index (Phi) is 1.86. The maximum absolute atomic E-state index is 10.3. The van der Waals surface area contributed by atoms with Gasteiger partial charge in [0.2, 0.25) is 0 Å². The van der Waals surface area contributed by atoms with E-state index in [4.69, 9.17) is 0 Å². The molecule has 90 valence electrons. The number of hydrogen-bond donors (Lipinski definition) is 1. The van der Waals surface area contributed by atoms with Gasteiger partial charge in [-0.2, -0.15) is 0 Å². The Morgan fingerprint density at radius 3 is 2.62 bits per heavy atom. The minimum atomic E-state index is -0.114. The Bertz CT molecular complexity index is 350. The predicted molar refractivity (Wildman–Crippen MR) is 66.0 cm³/mol. The fraction of sp³-hybridized carbons (Fsp3) is 0.867. The van der Waals surface area contributed by atoms with E-state index in [0.29, 0.717) is 16.7 Å². The average molecular weight is 220 g/mol. The molecule has 0 bridgehead atoms. The summed E-state index contributed by atoms with van der Waals surface area (Å²) in [6.45, 7) is 11.3.